The quantitative estimate of drug-likeness (QED) is 0.246. The number of ether oxygens (including phenoxy) is 1. The molecule has 2 heterocycles. The summed E-state index contributed by atoms with van der Waals surface area (Å²) in [6.07, 6.45) is 0. The summed E-state index contributed by atoms with van der Waals surface area (Å²) < 4.78 is 7.08. The van der Waals surface area contributed by atoms with Gasteiger partial charge in [0.1, 0.15) is 11.3 Å². The zero-order valence-electron chi connectivity index (χ0n) is 18.5. The third-order valence-corrected chi connectivity index (χ3v) is 5.80. The molecule has 0 aliphatic carbocycles. The SMILES string of the molecule is CCOC(=O)c1c(C(=O)c2ccccc2)c2ccc3ccccc3n2c1C(=O)c1ccccc1. The van der Waals surface area contributed by atoms with Gasteiger partial charge in [-0.2, -0.15) is 0 Å². The maximum Gasteiger partial charge on any atom is 0.341 e. The fraction of sp³-hybridized carbons (Fsp3) is 0.0690. The van der Waals surface area contributed by atoms with Crippen LogP contribution < -0.4 is 0 Å². The molecule has 0 aliphatic heterocycles. The van der Waals surface area contributed by atoms with Crippen molar-refractivity contribution < 1.29 is 19.1 Å². The van der Waals surface area contributed by atoms with Gasteiger partial charge < -0.3 is 9.14 Å². The van der Waals surface area contributed by atoms with E-state index in [0.29, 0.717) is 16.6 Å². The average molecular weight is 447 g/mol. The van der Waals surface area contributed by atoms with Gasteiger partial charge in [0.2, 0.25) is 5.78 Å². The summed E-state index contributed by atoms with van der Waals surface area (Å²) in [5.74, 6) is -1.40. The number of esters is 1. The Bertz CT molecular complexity index is 1550. The number of fused-ring (bicyclic) bond motifs is 3. The summed E-state index contributed by atoms with van der Waals surface area (Å²) in [5, 5.41) is 0.876. The Morgan fingerprint density at radius 2 is 1.24 bits per heavy atom. The number of carbonyl (C=O) groups excluding carboxylic acids is 3. The minimum absolute atomic E-state index is 0.0130. The zero-order chi connectivity index (χ0) is 23.7. The van der Waals surface area contributed by atoms with Gasteiger partial charge in [-0.3, -0.25) is 9.59 Å². The molecule has 5 rings (SSSR count). The Hall–Kier alpha value is -4.51. The molecule has 0 saturated heterocycles. The first-order chi connectivity index (χ1) is 16.6. The largest absolute Gasteiger partial charge is 0.462 e. The van der Waals surface area contributed by atoms with Gasteiger partial charge in [-0.25, -0.2) is 4.79 Å². The number of nitrogens with zero attached hydrogens (tertiary/aromatic N) is 1. The van der Waals surface area contributed by atoms with Crippen molar-refractivity contribution >= 4 is 34.0 Å². The molecule has 5 heteroatoms. The first-order valence-corrected chi connectivity index (χ1v) is 11.0. The van der Waals surface area contributed by atoms with E-state index in [9.17, 15) is 14.4 Å². The van der Waals surface area contributed by atoms with Crippen LogP contribution in [0.15, 0.2) is 97.1 Å². The number of aromatic nitrogens is 1. The van der Waals surface area contributed by atoms with Crippen molar-refractivity contribution in [1.82, 2.24) is 4.40 Å². The van der Waals surface area contributed by atoms with E-state index < -0.39 is 5.97 Å². The molecule has 0 radical (unpaired) electrons. The Morgan fingerprint density at radius 1 is 0.647 bits per heavy atom. The van der Waals surface area contributed by atoms with Crippen molar-refractivity contribution in [3.63, 3.8) is 0 Å². The molecule has 34 heavy (non-hydrogen) atoms. The fourth-order valence-corrected chi connectivity index (χ4v) is 4.31. The number of pyridine rings is 1. The lowest BCUT2D eigenvalue weighted by Crippen LogP contribution is -2.16. The Kier molecular flexibility index (Phi) is 5.52. The van der Waals surface area contributed by atoms with Crippen LogP contribution >= 0.6 is 0 Å². The second-order valence-electron chi connectivity index (χ2n) is 7.82. The lowest BCUT2D eigenvalue weighted by molar-refractivity contribution is 0.0521. The molecule has 0 N–H and O–H groups in total. The number of hydrogen-bond acceptors (Lipinski definition) is 4. The molecule has 2 aromatic heterocycles. The molecule has 166 valence electrons. The average Bonchev–Trinajstić information content (AvgIpc) is 3.25. The standard InChI is InChI=1S/C29H21NO4/c1-2-34-29(33)25-24(27(31)20-12-5-3-6-13-20)23-18-17-19-11-9-10-16-22(19)30(23)26(25)28(32)21-14-7-4-8-15-21/h3-18H,2H2,1H3. The van der Waals surface area contributed by atoms with Crippen LogP contribution in [0.25, 0.3) is 16.4 Å². The molecule has 0 amide bonds. The topological polar surface area (TPSA) is 64.8 Å². The predicted octanol–water partition coefficient (Wildman–Crippen LogP) is 5.73. The molecule has 0 bridgehead atoms. The van der Waals surface area contributed by atoms with E-state index in [0.717, 1.165) is 10.9 Å². The summed E-state index contributed by atoms with van der Waals surface area (Å²) in [5.41, 5.74) is 2.31. The first kappa shape index (κ1) is 21.3. The van der Waals surface area contributed by atoms with Gasteiger partial charge in [-0.1, -0.05) is 84.9 Å². The highest BCUT2D eigenvalue weighted by Gasteiger charge is 2.33. The van der Waals surface area contributed by atoms with Crippen LogP contribution in [-0.2, 0) is 4.74 Å². The van der Waals surface area contributed by atoms with Gasteiger partial charge in [-0.15, -0.1) is 0 Å². The van der Waals surface area contributed by atoms with Crippen molar-refractivity contribution in [2.24, 2.45) is 0 Å². The second kappa shape index (κ2) is 8.79. The van der Waals surface area contributed by atoms with E-state index in [2.05, 4.69) is 0 Å². The Labute approximate surface area is 196 Å². The molecule has 3 aromatic carbocycles. The van der Waals surface area contributed by atoms with E-state index in [1.165, 1.54) is 0 Å². The number of rotatable bonds is 6. The summed E-state index contributed by atoms with van der Waals surface area (Å²) in [4.78, 5) is 41.0. The monoisotopic (exact) mass is 447 g/mol. The molecular formula is C29H21NO4. The number of carbonyl (C=O) groups is 3. The minimum Gasteiger partial charge on any atom is -0.462 e. The number of ketones is 2. The highest BCUT2D eigenvalue weighted by atomic mass is 16.5. The molecule has 5 nitrogen and oxygen atoms in total. The van der Waals surface area contributed by atoms with E-state index in [1.54, 1.807) is 65.9 Å². The Balaban J connectivity index is 1.93. The highest BCUT2D eigenvalue weighted by molar-refractivity contribution is 6.25. The van der Waals surface area contributed by atoms with Crippen LogP contribution in [0.3, 0.4) is 0 Å². The predicted molar refractivity (Wildman–Crippen MR) is 131 cm³/mol. The molecule has 0 saturated carbocycles. The summed E-state index contributed by atoms with van der Waals surface area (Å²) in [6, 6.07) is 28.7. The van der Waals surface area contributed by atoms with Crippen LogP contribution in [0.5, 0.6) is 0 Å². The second-order valence-corrected chi connectivity index (χ2v) is 7.82. The zero-order valence-corrected chi connectivity index (χ0v) is 18.5. The maximum atomic E-state index is 13.9. The third kappa shape index (κ3) is 3.48. The van der Waals surface area contributed by atoms with E-state index >= 15 is 0 Å². The van der Waals surface area contributed by atoms with E-state index in [1.807, 2.05) is 42.5 Å². The highest BCUT2D eigenvalue weighted by Crippen LogP contribution is 2.32. The first-order valence-electron chi connectivity index (χ1n) is 11.0. The normalized spacial score (nSPS) is 11.0. The third-order valence-electron chi connectivity index (χ3n) is 5.80. The van der Waals surface area contributed by atoms with Gasteiger partial charge in [0.05, 0.1) is 23.2 Å². The van der Waals surface area contributed by atoms with Crippen molar-refractivity contribution in [2.45, 2.75) is 6.92 Å². The molecular weight excluding hydrogens is 426 g/mol. The smallest absolute Gasteiger partial charge is 0.341 e. The molecule has 0 unspecified atom stereocenters. The van der Waals surface area contributed by atoms with Gasteiger partial charge in [0, 0.05) is 11.1 Å². The van der Waals surface area contributed by atoms with E-state index in [4.69, 9.17) is 4.74 Å². The van der Waals surface area contributed by atoms with E-state index in [-0.39, 0.29) is 35.0 Å². The van der Waals surface area contributed by atoms with Gasteiger partial charge in [-0.05, 0) is 24.4 Å². The number of benzene rings is 3. The molecule has 0 atom stereocenters. The Morgan fingerprint density at radius 3 is 1.88 bits per heavy atom. The lowest BCUT2D eigenvalue weighted by Gasteiger charge is -2.09. The van der Waals surface area contributed by atoms with Gasteiger partial charge in [0.25, 0.3) is 0 Å². The molecule has 0 aliphatic rings. The lowest BCUT2D eigenvalue weighted by atomic mass is 9.97. The van der Waals surface area contributed by atoms with Gasteiger partial charge in [0.15, 0.2) is 5.78 Å². The van der Waals surface area contributed by atoms with Crippen molar-refractivity contribution in [1.29, 1.82) is 0 Å². The number of para-hydroxylation sites is 1. The van der Waals surface area contributed by atoms with Crippen molar-refractivity contribution in [3.8, 4) is 0 Å². The van der Waals surface area contributed by atoms with Crippen LogP contribution in [0, 0.1) is 0 Å². The summed E-state index contributed by atoms with van der Waals surface area (Å²) in [6.45, 7) is 1.81. The molecule has 0 fully saturated rings. The van der Waals surface area contributed by atoms with Crippen LogP contribution in [-0.4, -0.2) is 28.5 Å². The molecule has 5 aromatic rings. The summed E-state index contributed by atoms with van der Waals surface area (Å²) in [7, 11) is 0. The van der Waals surface area contributed by atoms with Gasteiger partial charge >= 0.3 is 5.97 Å². The number of hydrogen-bond donors (Lipinski definition) is 0. The molecule has 0 spiro atoms. The summed E-state index contributed by atoms with van der Waals surface area (Å²) >= 11 is 0. The fourth-order valence-electron chi connectivity index (χ4n) is 4.31. The van der Waals surface area contributed by atoms with Crippen LogP contribution in [0.4, 0.5) is 0 Å². The van der Waals surface area contributed by atoms with Crippen molar-refractivity contribution in [3.05, 3.63) is 125 Å². The van der Waals surface area contributed by atoms with Crippen LogP contribution in [0.1, 0.15) is 49.3 Å². The van der Waals surface area contributed by atoms with Crippen LogP contribution in [0.2, 0.25) is 0 Å². The maximum absolute atomic E-state index is 13.9. The van der Waals surface area contributed by atoms with Crippen molar-refractivity contribution in [2.75, 3.05) is 6.61 Å². The minimum atomic E-state index is -0.700.